The summed E-state index contributed by atoms with van der Waals surface area (Å²) in [5.41, 5.74) is 0.826. The van der Waals surface area contributed by atoms with E-state index >= 15 is 0 Å². The third kappa shape index (κ3) is 5.55. The molecule has 7 nitrogen and oxygen atoms in total. The summed E-state index contributed by atoms with van der Waals surface area (Å²) in [5.74, 6) is 1.48. The zero-order chi connectivity index (χ0) is 18.2. The summed E-state index contributed by atoms with van der Waals surface area (Å²) >= 11 is 0. The van der Waals surface area contributed by atoms with Gasteiger partial charge >= 0.3 is 5.97 Å². The average molecular weight is 351 g/mol. The van der Waals surface area contributed by atoms with E-state index in [9.17, 15) is 9.59 Å². The van der Waals surface area contributed by atoms with Gasteiger partial charge < -0.3 is 24.3 Å². The normalized spacial score (nSPS) is 13.1. The third-order valence-corrected chi connectivity index (χ3v) is 4.01. The molecule has 0 aliphatic heterocycles. The molecule has 1 aliphatic carbocycles. The van der Waals surface area contributed by atoms with Gasteiger partial charge in [0.2, 0.25) is 11.7 Å². The zero-order valence-corrected chi connectivity index (χ0v) is 14.9. The number of carbonyl (C=O) groups excluding carboxylic acids is 2. The van der Waals surface area contributed by atoms with Gasteiger partial charge in [0.15, 0.2) is 11.5 Å². The minimum atomic E-state index is -0.399. The van der Waals surface area contributed by atoms with Gasteiger partial charge in [-0.2, -0.15) is 0 Å². The van der Waals surface area contributed by atoms with Gasteiger partial charge in [-0.05, 0) is 36.8 Å². The van der Waals surface area contributed by atoms with E-state index in [1.807, 2.05) is 6.07 Å². The van der Waals surface area contributed by atoms with E-state index in [4.69, 9.17) is 18.9 Å². The highest BCUT2D eigenvalue weighted by Gasteiger charge is 2.23. The Kier molecular flexibility index (Phi) is 6.91. The summed E-state index contributed by atoms with van der Waals surface area (Å²) in [6.07, 6.45) is 2.91. The molecular formula is C18H25NO6. The van der Waals surface area contributed by atoms with Crippen LogP contribution in [0.25, 0.3) is 0 Å². The van der Waals surface area contributed by atoms with Crippen molar-refractivity contribution in [3.8, 4) is 17.2 Å². The number of aryl methyl sites for hydroxylation is 1. The molecule has 0 atom stereocenters. The first kappa shape index (κ1) is 18.9. The standard InChI is InChI=1S/C18H25NO6/c1-22-14-8-6-13(17(23-2)18(14)24-3)7-9-15(20)19-10-16(21)25-11-12-4-5-12/h6,8,12H,4-5,7,9-11H2,1-3H3,(H,19,20). The fourth-order valence-electron chi connectivity index (χ4n) is 2.41. The Morgan fingerprint density at radius 1 is 1.08 bits per heavy atom. The molecule has 0 radical (unpaired) electrons. The van der Waals surface area contributed by atoms with Crippen LogP contribution in [0.2, 0.25) is 0 Å². The molecule has 1 amide bonds. The van der Waals surface area contributed by atoms with Gasteiger partial charge in [0.1, 0.15) is 6.54 Å². The fourth-order valence-corrected chi connectivity index (χ4v) is 2.41. The van der Waals surface area contributed by atoms with Crippen molar-refractivity contribution in [2.75, 3.05) is 34.5 Å². The van der Waals surface area contributed by atoms with Crippen molar-refractivity contribution in [2.24, 2.45) is 5.92 Å². The minimum Gasteiger partial charge on any atom is -0.493 e. The van der Waals surface area contributed by atoms with Gasteiger partial charge in [0.05, 0.1) is 27.9 Å². The van der Waals surface area contributed by atoms with E-state index in [1.54, 1.807) is 13.2 Å². The number of methoxy groups -OCH3 is 3. The molecule has 1 aliphatic rings. The Hall–Kier alpha value is -2.44. The van der Waals surface area contributed by atoms with Gasteiger partial charge in [-0.3, -0.25) is 9.59 Å². The van der Waals surface area contributed by atoms with Crippen molar-refractivity contribution in [3.63, 3.8) is 0 Å². The molecule has 0 heterocycles. The van der Waals surface area contributed by atoms with Crippen LogP contribution in [0.3, 0.4) is 0 Å². The molecule has 1 saturated carbocycles. The Morgan fingerprint density at radius 3 is 2.40 bits per heavy atom. The van der Waals surface area contributed by atoms with Crippen molar-refractivity contribution >= 4 is 11.9 Å². The third-order valence-electron chi connectivity index (χ3n) is 4.01. The largest absolute Gasteiger partial charge is 0.493 e. The molecule has 0 spiro atoms. The molecule has 138 valence electrons. The van der Waals surface area contributed by atoms with Crippen molar-refractivity contribution in [1.82, 2.24) is 5.32 Å². The van der Waals surface area contributed by atoms with Crippen LogP contribution in [0.15, 0.2) is 12.1 Å². The molecule has 0 bridgehead atoms. The van der Waals surface area contributed by atoms with Crippen LogP contribution in [-0.4, -0.2) is 46.4 Å². The van der Waals surface area contributed by atoms with E-state index in [1.165, 1.54) is 14.2 Å². The Morgan fingerprint density at radius 2 is 1.80 bits per heavy atom. The van der Waals surface area contributed by atoms with Gasteiger partial charge in [0, 0.05) is 6.42 Å². The number of amides is 1. The van der Waals surface area contributed by atoms with E-state index in [0.29, 0.717) is 36.2 Å². The Bertz CT molecular complexity index is 612. The predicted octanol–water partition coefficient (Wildman–Crippen LogP) is 1.71. The van der Waals surface area contributed by atoms with Crippen LogP contribution >= 0.6 is 0 Å². The molecule has 1 aromatic rings. The summed E-state index contributed by atoms with van der Waals surface area (Å²) in [6, 6.07) is 3.60. The molecule has 1 fully saturated rings. The molecule has 1 N–H and O–H groups in total. The maximum atomic E-state index is 11.9. The summed E-state index contributed by atoms with van der Waals surface area (Å²) in [7, 11) is 4.62. The van der Waals surface area contributed by atoms with Crippen molar-refractivity contribution in [2.45, 2.75) is 25.7 Å². The number of carbonyl (C=O) groups is 2. The second kappa shape index (κ2) is 9.15. The molecule has 0 aromatic heterocycles. The van der Waals surface area contributed by atoms with Crippen LogP contribution < -0.4 is 19.5 Å². The lowest BCUT2D eigenvalue weighted by atomic mass is 10.1. The van der Waals surface area contributed by atoms with E-state index in [-0.39, 0.29) is 18.9 Å². The monoisotopic (exact) mass is 351 g/mol. The average Bonchev–Trinajstić information content (AvgIpc) is 3.46. The smallest absolute Gasteiger partial charge is 0.325 e. The number of hydrogen-bond donors (Lipinski definition) is 1. The van der Waals surface area contributed by atoms with Crippen molar-refractivity contribution in [1.29, 1.82) is 0 Å². The lowest BCUT2D eigenvalue weighted by Gasteiger charge is -2.15. The molecule has 1 aromatic carbocycles. The molecule has 2 rings (SSSR count). The Balaban J connectivity index is 1.83. The van der Waals surface area contributed by atoms with Crippen LogP contribution in [-0.2, 0) is 20.7 Å². The van der Waals surface area contributed by atoms with Crippen molar-refractivity contribution < 1.29 is 28.5 Å². The number of nitrogens with one attached hydrogen (secondary N) is 1. The van der Waals surface area contributed by atoms with Crippen LogP contribution in [0.1, 0.15) is 24.8 Å². The lowest BCUT2D eigenvalue weighted by molar-refractivity contribution is -0.144. The first-order valence-corrected chi connectivity index (χ1v) is 8.29. The fraction of sp³-hybridized carbons (Fsp3) is 0.556. The molecule has 0 saturated heterocycles. The van der Waals surface area contributed by atoms with Crippen LogP contribution in [0.5, 0.6) is 17.2 Å². The SMILES string of the molecule is COc1ccc(CCC(=O)NCC(=O)OCC2CC2)c(OC)c1OC. The maximum Gasteiger partial charge on any atom is 0.325 e. The minimum absolute atomic E-state index is 0.103. The van der Waals surface area contributed by atoms with Crippen LogP contribution in [0.4, 0.5) is 0 Å². The number of esters is 1. The second-order valence-corrected chi connectivity index (χ2v) is 5.90. The molecule has 0 unspecified atom stereocenters. The predicted molar refractivity (Wildman–Crippen MR) is 91.1 cm³/mol. The van der Waals surface area contributed by atoms with Gasteiger partial charge in [-0.15, -0.1) is 0 Å². The summed E-state index contributed by atoms with van der Waals surface area (Å²) in [6.45, 7) is 0.353. The highest BCUT2D eigenvalue weighted by Crippen LogP contribution is 2.40. The molecular weight excluding hydrogens is 326 g/mol. The van der Waals surface area contributed by atoms with Gasteiger partial charge in [-0.25, -0.2) is 0 Å². The van der Waals surface area contributed by atoms with E-state index in [0.717, 1.165) is 18.4 Å². The first-order chi connectivity index (χ1) is 12.1. The maximum absolute atomic E-state index is 11.9. The zero-order valence-electron chi connectivity index (χ0n) is 14.9. The number of ether oxygens (including phenoxy) is 4. The topological polar surface area (TPSA) is 83.1 Å². The highest BCUT2D eigenvalue weighted by atomic mass is 16.5. The Labute approximate surface area is 147 Å². The van der Waals surface area contributed by atoms with Crippen LogP contribution in [0, 0.1) is 5.92 Å². The van der Waals surface area contributed by atoms with Gasteiger partial charge in [-0.1, -0.05) is 6.07 Å². The highest BCUT2D eigenvalue weighted by molar-refractivity contribution is 5.82. The lowest BCUT2D eigenvalue weighted by Crippen LogP contribution is -2.31. The first-order valence-electron chi connectivity index (χ1n) is 8.29. The number of rotatable bonds is 10. The summed E-state index contributed by atoms with van der Waals surface area (Å²) in [4.78, 5) is 23.5. The second-order valence-electron chi connectivity index (χ2n) is 5.90. The number of benzene rings is 1. The summed E-state index contributed by atoms with van der Waals surface area (Å²) < 4.78 is 21.0. The van der Waals surface area contributed by atoms with Crippen molar-refractivity contribution in [3.05, 3.63) is 17.7 Å². The molecule has 25 heavy (non-hydrogen) atoms. The quantitative estimate of drug-likeness (QED) is 0.646. The van der Waals surface area contributed by atoms with E-state index in [2.05, 4.69) is 5.32 Å². The summed E-state index contributed by atoms with van der Waals surface area (Å²) in [5, 5.41) is 2.58. The van der Waals surface area contributed by atoms with Gasteiger partial charge in [0.25, 0.3) is 0 Å². The molecule has 7 heteroatoms. The number of hydrogen-bond acceptors (Lipinski definition) is 6. The van der Waals surface area contributed by atoms with E-state index < -0.39 is 5.97 Å².